The average molecular weight is 318 g/mol. The molecule has 112 valence electrons. The Labute approximate surface area is 125 Å². The first kappa shape index (κ1) is 15.6. The first-order valence-electron chi connectivity index (χ1n) is 6.68. The number of methoxy groups -OCH3 is 1. The quantitative estimate of drug-likeness (QED) is 0.861. The van der Waals surface area contributed by atoms with Crippen molar-refractivity contribution < 1.29 is 13.2 Å². The molecule has 1 aromatic rings. The van der Waals surface area contributed by atoms with Crippen molar-refractivity contribution in [1.82, 2.24) is 4.31 Å². The molecule has 0 aliphatic carbocycles. The van der Waals surface area contributed by atoms with Gasteiger partial charge in [0.05, 0.1) is 17.0 Å². The molecule has 1 aliphatic heterocycles. The van der Waals surface area contributed by atoms with E-state index >= 15 is 0 Å². The second-order valence-corrected chi connectivity index (χ2v) is 7.91. The molecule has 0 N–H and O–H groups in total. The Morgan fingerprint density at radius 3 is 2.40 bits per heavy atom. The molecule has 6 heteroatoms. The van der Waals surface area contributed by atoms with Gasteiger partial charge in [0.25, 0.3) is 0 Å². The predicted molar refractivity (Wildman–Crippen MR) is 79.7 cm³/mol. The van der Waals surface area contributed by atoms with E-state index in [4.69, 9.17) is 16.3 Å². The molecule has 1 heterocycles. The van der Waals surface area contributed by atoms with Crippen LogP contribution in [0.1, 0.15) is 20.3 Å². The summed E-state index contributed by atoms with van der Waals surface area (Å²) in [4.78, 5) is 0.236. The zero-order chi connectivity index (χ0) is 14.9. The van der Waals surface area contributed by atoms with Crippen molar-refractivity contribution in [2.75, 3.05) is 20.2 Å². The van der Waals surface area contributed by atoms with E-state index in [9.17, 15) is 8.42 Å². The van der Waals surface area contributed by atoms with Crippen LogP contribution < -0.4 is 4.74 Å². The SMILES string of the molecule is COc1cc(S(=O)(=O)N2C[C@H](C)C[C@@H](C)C2)ccc1Cl. The second-order valence-electron chi connectivity index (χ2n) is 5.56. The Morgan fingerprint density at radius 1 is 1.25 bits per heavy atom. The summed E-state index contributed by atoms with van der Waals surface area (Å²) in [5.74, 6) is 1.14. The Hall–Kier alpha value is -0.780. The van der Waals surface area contributed by atoms with Crippen LogP contribution in [0, 0.1) is 11.8 Å². The van der Waals surface area contributed by atoms with Gasteiger partial charge < -0.3 is 4.74 Å². The van der Waals surface area contributed by atoms with Crippen molar-refractivity contribution in [3.8, 4) is 5.75 Å². The van der Waals surface area contributed by atoms with E-state index in [1.54, 1.807) is 10.4 Å². The highest BCUT2D eigenvalue weighted by molar-refractivity contribution is 7.89. The monoisotopic (exact) mass is 317 g/mol. The lowest BCUT2D eigenvalue weighted by molar-refractivity contribution is 0.222. The molecular formula is C14H20ClNO3S. The maximum absolute atomic E-state index is 12.7. The summed E-state index contributed by atoms with van der Waals surface area (Å²) in [6.45, 7) is 5.30. The van der Waals surface area contributed by atoms with Crippen LogP contribution in [0.15, 0.2) is 23.1 Å². The van der Waals surface area contributed by atoms with Gasteiger partial charge in [-0.1, -0.05) is 25.4 Å². The Kier molecular flexibility index (Phi) is 4.62. The van der Waals surface area contributed by atoms with E-state index in [-0.39, 0.29) is 4.90 Å². The Morgan fingerprint density at radius 2 is 1.85 bits per heavy atom. The van der Waals surface area contributed by atoms with Gasteiger partial charge in [0.2, 0.25) is 10.0 Å². The van der Waals surface area contributed by atoms with Crippen LogP contribution in [0.3, 0.4) is 0 Å². The van der Waals surface area contributed by atoms with Gasteiger partial charge in [-0.25, -0.2) is 8.42 Å². The molecule has 0 radical (unpaired) electrons. The van der Waals surface area contributed by atoms with Gasteiger partial charge in [0.15, 0.2) is 0 Å². The van der Waals surface area contributed by atoms with Gasteiger partial charge in [0.1, 0.15) is 5.75 Å². The molecule has 2 rings (SSSR count). The largest absolute Gasteiger partial charge is 0.495 e. The number of ether oxygens (including phenoxy) is 1. The fourth-order valence-corrected chi connectivity index (χ4v) is 4.64. The molecule has 0 unspecified atom stereocenters. The van der Waals surface area contributed by atoms with E-state index < -0.39 is 10.0 Å². The standard InChI is InChI=1S/C14H20ClNO3S/c1-10-6-11(2)9-16(8-10)20(17,18)12-4-5-13(15)14(7-12)19-3/h4-5,7,10-11H,6,8-9H2,1-3H3/t10-,11-/m1/s1. The van der Waals surface area contributed by atoms with Gasteiger partial charge in [-0.2, -0.15) is 4.31 Å². The normalized spacial score (nSPS) is 24.6. The smallest absolute Gasteiger partial charge is 0.243 e. The lowest BCUT2D eigenvalue weighted by Crippen LogP contribution is -2.42. The third-order valence-corrected chi connectivity index (χ3v) is 5.74. The zero-order valence-corrected chi connectivity index (χ0v) is 13.5. The predicted octanol–water partition coefficient (Wildman–Crippen LogP) is 3.02. The minimum atomic E-state index is -3.48. The van der Waals surface area contributed by atoms with Crippen LogP contribution in [0.25, 0.3) is 0 Å². The number of rotatable bonds is 3. The van der Waals surface area contributed by atoms with Gasteiger partial charge in [-0.3, -0.25) is 0 Å². The number of sulfonamides is 1. The minimum Gasteiger partial charge on any atom is -0.495 e. The molecule has 1 fully saturated rings. The second kappa shape index (κ2) is 5.92. The molecule has 1 saturated heterocycles. The fourth-order valence-electron chi connectivity index (χ4n) is 2.75. The number of benzene rings is 1. The average Bonchev–Trinajstić information content (AvgIpc) is 2.37. The third kappa shape index (κ3) is 3.10. The van der Waals surface area contributed by atoms with Crippen LogP contribution in [0.4, 0.5) is 0 Å². The number of hydrogen-bond donors (Lipinski definition) is 0. The van der Waals surface area contributed by atoms with Crippen molar-refractivity contribution in [2.45, 2.75) is 25.2 Å². The number of nitrogens with zero attached hydrogens (tertiary/aromatic N) is 1. The van der Waals surface area contributed by atoms with Crippen molar-refractivity contribution in [3.05, 3.63) is 23.2 Å². The van der Waals surface area contributed by atoms with E-state index in [1.807, 2.05) is 0 Å². The summed E-state index contributed by atoms with van der Waals surface area (Å²) in [6.07, 6.45) is 1.07. The van der Waals surface area contributed by atoms with E-state index in [0.717, 1.165) is 6.42 Å². The highest BCUT2D eigenvalue weighted by atomic mass is 35.5. The molecule has 0 saturated carbocycles. The van der Waals surface area contributed by atoms with Crippen LogP contribution in [-0.4, -0.2) is 32.9 Å². The maximum atomic E-state index is 12.7. The Balaban J connectivity index is 2.34. The van der Waals surface area contributed by atoms with Crippen molar-refractivity contribution in [3.63, 3.8) is 0 Å². The summed E-state index contributed by atoms with van der Waals surface area (Å²) in [6, 6.07) is 4.58. The summed E-state index contributed by atoms with van der Waals surface area (Å²) < 4.78 is 32.0. The highest BCUT2D eigenvalue weighted by Crippen LogP contribution is 2.31. The third-order valence-electron chi connectivity index (χ3n) is 3.60. The van der Waals surface area contributed by atoms with Crippen molar-refractivity contribution in [2.24, 2.45) is 11.8 Å². The first-order valence-corrected chi connectivity index (χ1v) is 8.50. The topological polar surface area (TPSA) is 46.6 Å². The first-order chi connectivity index (χ1) is 9.34. The summed E-state index contributed by atoms with van der Waals surface area (Å²) in [5.41, 5.74) is 0. The zero-order valence-electron chi connectivity index (χ0n) is 12.0. The van der Waals surface area contributed by atoms with Crippen molar-refractivity contribution in [1.29, 1.82) is 0 Å². The molecule has 0 aromatic heterocycles. The summed E-state index contributed by atoms with van der Waals surface area (Å²) in [5, 5.41) is 0.409. The molecule has 1 aliphatic rings. The van der Waals surface area contributed by atoms with Gasteiger partial charge in [-0.15, -0.1) is 0 Å². The van der Waals surface area contributed by atoms with E-state index in [0.29, 0.717) is 35.7 Å². The molecular weight excluding hydrogens is 298 g/mol. The number of hydrogen-bond acceptors (Lipinski definition) is 3. The van der Waals surface area contributed by atoms with Crippen molar-refractivity contribution >= 4 is 21.6 Å². The highest BCUT2D eigenvalue weighted by Gasteiger charge is 2.32. The Bertz CT molecular complexity index is 578. The fraction of sp³-hybridized carbons (Fsp3) is 0.571. The summed E-state index contributed by atoms with van der Waals surface area (Å²) >= 11 is 5.95. The lowest BCUT2D eigenvalue weighted by Gasteiger charge is -2.34. The van der Waals surface area contributed by atoms with Crippen LogP contribution >= 0.6 is 11.6 Å². The number of piperidine rings is 1. The van der Waals surface area contributed by atoms with Crippen LogP contribution in [0.5, 0.6) is 5.75 Å². The van der Waals surface area contributed by atoms with Crippen LogP contribution in [-0.2, 0) is 10.0 Å². The number of halogens is 1. The molecule has 2 atom stereocenters. The van der Waals surface area contributed by atoms with Gasteiger partial charge in [0, 0.05) is 19.2 Å². The maximum Gasteiger partial charge on any atom is 0.243 e. The summed E-state index contributed by atoms with van der Waals surface area (Å²) in [7, 11) is -2.01. The van der Waals surface area contributed by atoms with Gasteiger partial charge in [-0.05, 0) is 30.4 Å². The van der Waals surface area contributed by atoms with Gasteiger partial charge >= 0.3 is 0 Å². The molecule has 20 heavy (non-hydrogen) atoms. The molecule has 1 aromatic carbocycles. The molecule has 4 nitrogen and oxygen atoms in total. The molecule has 0 amide bonds. The minimum absolute atomic E-state index is 0.236. The van der Waals surface area contributed by atoms with E-state index in [2.05, 4.69) is 13.8 Å². The lowest BCUT2D eigenvalue weighted by atomic mass is 9.94. The van der Waals surface area contributed by atoms with Crippen LogP contribution in [0.2, 0.25) is 5.02 Å². The molecule has 0 spiro atoms. The van der Waals surface area contributed by atoms with E-state index in [1.165, 1.54) is 19.2 Å². The molecule has 0 bridgehead atoms.